The van der Waals surface area contributed by atoms with Gasteiger partial charge in [-0.25, -0.2) is 0 Å². The average Bonchev–Trinajstić information content (AvgIpc) is 2.67. The van der Waals surface area contributed by atoms with Gasteiger partial charge in [-0.05, 0) is 18.2 Å². The zero-order chi connectivity index (χ0) is 19.8. The van der Waals surface area contributed by atoms with Crippen LogP contribution in [0.2, 0.25) is 0 Å². The largest absolute Gasteiger partial charge is 0.399 e. The van der Waals surface area contributed by atoms with Crippen LogP contribution in [0, 0.1) is 55.4 Å². The minimum absolute atomic E-state index is 0.0506. The Morgan fingerprint density at radius 1 is 1.26 bits per heavy atom. The third-order valence-electron chi connectivity index (χ3n) is 5.31. The van der Waals surface area contributed by atoms with Crippen molar-refractivity contribution in [3.05, 3.63) is 62.9 Å². The summed E-state index contributed by atoms with van der Waals surface area (Å²) < 4.78 is 0. The Labute approximate surface area is 156 Å². The van der Waals surface area contributed by atoms with Crippen LogP contribution in [0.3, 0.4) is 0 Å². The maximum atomic E-state index is 11.0. The van der Waals surface area contributed by atoms with E-state index in [-0.39, 0.29) is 22.9 Å². The van der Waals surface area contributed by atoms with Crippen molar-refractivity contribution in [2.24, 2.45) is 17.1 Å². The van der Waals surface area contributed by atoms with Crippen LogP contribution in [0.25, 0.3) is 0 Å². The van der Waals surface area contributed by atoms with E-state index in [4.69, 9.17) is 5.73 Å². The number of benzene rings is 1. The van der Waals surface area contributed by atoms with E-state index in [0.717, 1.165) is 5.57 Å². The van der Waals surface area contributed by atoms with Crippen molar-refractivity contribution in [1.82, 2.24) is 4.90 Å². The number of nitro groups is 1. The predicted octanol–water partition coefficient (Wildman–Crippen LogP) is 1.95. The van der Waals surface area contributed by atoms with Crippen molar-refractivity contribution in [2.45, 2.75) is 5.92 Å². The molecule has 0 radical (unpaired) electrons. The molecule has 0 saturated heterocycles. The first-order valence-electron chi connectivity index (χ1n) is 8.25. The molecule has 0 saturated carbocycles. The summed E-state index contributed by atoms with van der Waals surface area (Å²) in [5.74, 6) is -0.939. The van der Waals surface area contributed by atoms with Crippen LogP contribution in [0.1, 0.15) is 11.5 Å². The minimum Gasteiger partial charge on any atom is -0.399 e. The lowest BCUT2D eigenvalue weighted by Gasteiger charge is -2.45. The number of allylic oxidation sites excluding steroid dienone is 2. The van der Waals surface area contributed by atoms with Crippen LogP contribution in [-0.2, 0) is 0 Å². The van der Waals surface area contributed by atoms with Gasteiger partial charge in [0.2, 0.25) is 0 Å². The quantitative estimate of drug-likeness (QED) is 0.627. The summed E-state index contributed by atoms with van der Waals surface area (Å²) in [5, 5.41) is 40.4. The molecule has 1 aromatic rings. The van der Waals surface area contributed by atoms with Crippen molar-refractivity contribution >= 4 is 5.69 Å². The van der Waals surface area contributed by atoms with Gasteiger partial charge >= 0.3 is 0 Å². The number of nitriles is 3. The third-order valence-corrected chi connectivity index (χ3v) is 5.31. The molecular weight excluding hydrogens is 344 g/mol. The fraction of sp³-hybridized carbons (Fsp3) is 0.316. The number of rotatable bonds is 2. The summed E-state index contributed by atoms with van der Waals surface area (Å²) in [7, 11) is 1.91. The van der Waals surface area contributed by atoms with Crippen molar-refractivity contribution in [2.75, 3.05) is 20.1 Å². The molecule has 0 aromatic heterocycles. The number of hydrogen-bond acceptors (Lipinski definition) is 7. The van der Waals surface area contributed by atoms with E-state index in [1.807, 2.05) is 30.2 Å². The number of hydrogen-bond donors (Lipinski definition) is 1. The molecule has 1 aliphatic heterocycles. The molecule has 2 atom stereocenters. The zero-order valence-corrected chi connectivity index (χ0v) is 14.6. The Balaban J connectivity index is 2.28. The summed E-state index contributed by atoms with van der Waals surface area (Å²) in [6.07, 6.45) is 1.90. The van der Waals surface area contributed by atoms with Crippen LogP contribution < -0.4 is 5.73 Å². The smallest absolute Gasteiger partial charge is 0.269 e. The lowest BCUT2D eigenvalue weighted by molar-refractivity contribution is -0.384. The standard InChI is InChI=1S/C19H16N6O2/c1-24-7-6-14-15(8-20)18(23)19(10-21,11-22)17(16(14)9-24)12-2-4-13(5-3-12)25(26)27/h2-6,16-17H,7,9,23H2,1H3/t16-,17-/m0/s1. The van der Waals surface area contributed by atoms with Gasteiger partial charge in [0.25, 0.3) is 5.69 Å². The molecule has 2 aliphatic rings. The highest BCUT2D eigenvalue weighted by Gasteiger charge is 2.54. The van der Waals surface area contributed by atoms with E-state index in [1.165, 1.54) is 12.1 Å². The van der Waals surface area contributed by atoms with Crippen LogP contribution in [0.4, 0.5) is 5.69 Å². The molecule has 2 N–H and O–H groups in total. The summed E-state index contributed by atoms with van der Waals surface area (Å²) in [6, 6.07) is 12.0. The third kappa shape index (κ3) is 2.62. The molecule has 27 heavy (non-hydrogen) atoms. The Kier molecular flexibility index (Phi) is 4.41. The van der Waals surface area contributed by atoms with E-state index in [1.54, 1.807) is 12.1 Å². The first kappa shape index (κ1) is 18.1. The molecule has 0 unspecified atom stereocenters. The van der Waals surface area contributed by atoms with Crippen molar-refractivity contribution in [3.8, 4) is 18.2 Å². The molecule has 0 amide bonds. The van der Waals surface area contributed by atoms with Gasteiger partial charge in [0.1, 0.15) is 6.07 Å². The van der Waals surface area contributed by atoms with E-state index >= 15 is 0 Å². The van der Waals surface area contributed by atoms with Crippen molar-refractivity contribution in [1.29, 1.82) is 15.8 Å². The van der Waals surface area contributed by atoms with Crippen molar-refractivity contribution < 1.29 is 4.92 Å². The SMILES string of the molecule is CN1CC=C2C(C#N)=C(N)C(C#N)(C#N)[C@@H](c3ccc([N+](=O)[O-])cc3)[C@H]2C1. The van der Waals surface area contributed by atoms with E-state index in [9.17, 15) is 25.9 Å². The minimum atomic E-state index is -1.72. The van der Waals surface area contributed by atoms with Gasteiger partial charge in [-0.1, -0.05) is 18.2 Å². The van der Waals surface area contributed by atoms with Gasteiger partial charge in [0, 0.05) is 37.1 Å². The van der Waals surface area contributed by atoms with E-state index in [0.29, 0.717) is 18.7 Å². The second-order valence-electron chi connectivity index (χ2n) is 6.75. The first-order valence-corrected chi connectivity index (χ1v) is 8.25. The topological polar surface area (TPSA) is 144 Å². The lowest BCUT2D eigenvalue weighted by Crippen LogP contribution is -2.47. The second kappa shape index (κ2) is 6.57. The number of fused-ring (bicyclic) bond motifs is 1. The summed E-state index contributed by atoms with van der Waals surface area (Å²) >= 11 is 0. The fourth-order valence-electron chi connectivity index (χ4n) is 4.00. The van der Waals surface area contributed by atoms with Gasteiger partial charge in [0.15, 0.2) is 5.41 Å². The molecule has 0 spiro atoms. The van der Waals surface area contributed by atoms with Gasteiger partial charge in [0.05, 0.1) is 28.3 Å². The summed E-state index contributed by atoms with van der Waals surface area (Å²) in [4.78, 5) is 12.5. The maximum absolute atomic E-state index is 11.0. The molecule has 8 nitrogen and oxygen atoms in total. The van der Waals surface area contributed by atoms with Crippen LogP contribution >= 0.6 is 0 Å². The molecule has 134 valence electrons. The van der Waals surface area contributed by atoms with Gasteiger partial charge in [-0.3, -0.25) is 10.1 Å². The predicted molar refractivity (Wildman–Crippen MR) is 95.4 cm³/mol. The normalized spacial score (nSPS) is 24.0. The summed E-state index contributed by atoms with van der Waals surface area (Å²) in [5.41, 5.74) is 5.87. The lowest BCUT2D eigenvalue weighted by atomic mass is 9.58. The molecule has 0 bridgehead atoms. The Morgan fingerprint density at radius 2 is 1.89 bits per heavy atom. The van der Waals surface area contributed by atoms with E-state index < -0.39 is 16.3 Å². The molecule has 1 aromatic carbocycles. The molecule has 1 heterocycles. The highest BCUT2D eigenvalue weighted by atomic mass is 16.6. The van der Waals surface area contributed by atoms with Gasteiger partial charge < -0.3 is 10.6 Å². The second-order valence-corrected chi connectivity index (χ2v) is 6.75. The van der Waals surface area contributed by atoms with Crippen LogP contribution in [0.5, 0.6) is 0 Å². The molecule has 0 fully saturated rings. The highest BCUT2D eigenvalue weighted by Crippen LogP contribution is 2.54. The molecule has 3 rings (SSSR count). The monoisotopic (exact) mass is 360 g/mol. The molecule has 1 aliphatic carbocycles. The Bertz CT molecular complexity index is 973. The Hall–Kier alpha value is -3.67. The highest BCUT2D eigenvalue weighted by molar-refractivity contribution is 5.59. The molecular formula is C19H16N6O2. The van der Waals surface area contributed by atoms with Crippen LogP contribution in [0.15, 0.2) is 47.2 Å². The maximum Gasteiger partial charge on any atom is 0.269 e. The van der Waals surface area contributed by atoms with Gasteiger partial charge in [-0.15, -0.1) is 0 Å². The van der Waals surface area contributed by atoms with Crippen molar-refractivity contribution in [3.63, 3.8) is 0 Å². The Morgan fingerprint density at radius 3 is 2.41 bits per heavy atom. The average molecular weight is 360 g/mol. The summed E-state index contributed by atoms with van der Waals surface area (Å²) in [6.45, 7) is 1.17. The van der Waals surface area contributed by atoms with E-state index in [2.05, 4.69) is 6.07 Å². The number of nitrogens with two attached hydrogens (primary N) is 1. The number of likely N-dealkylation sites (N-methyl/N-ethyl adjacent to an activating group) is 1. The van der Waals surface area contributed by atoms with Crippen LogP contribution in [-0.4, -0.2) is 30.0 Å². The molecule has 8 heteroatoms. The first-order chi connectivity index (χ1) is 12.9. The fourth-order valence-corrected chi connectivity index (χ4v) is 4.00. The number of non-ortho nitro benzene ring substituents is 1. The zero-order valence-electron chi connectivity index (χ0n) is 14.6. The number of nitro benzene ring substituents is 1. The van der Waals surface area contributed by atoms with Gasteiger partial charge in [-0.2, -0.15) is 15.8 Å². The number of nitrogens with zero attached hydrogens (tertiary/aromatic N) is 5.